The van der Waals surface area contributed by atoms with Gasteiger partial charge in [-0.15, -0.1) is 0 Å². The van der Waals surface area contributed by atoms with E-state index in [1.165, 1.54) is 5.56 Å². The summed E-state index contributed by atoms with van der Waals surface area (Å²) < 4.78 is 11.0. The van der Waals surface area contributed by atoms with Crippen LogP contribution in [-0.2, 0) is 0 Å². The van der Waals surface area contributed by atoms with Crippen molar-refractivity contribution in [3.63, 3.8) is 0 Å². The number of aromatic nitrogens is 2. The van der Waals surface area contributed by atoms with Crippen LogP contribution in [0.2, 0.25) is 0 Å². The van der Waals surface area contributed by atoms with Gasteiger partial charge in [0, 0.05) is 0 Å². The number of hydrazone groups is 1. The van der Waals surface area contributed by atoms with Crippen molar-refractivity contribution in [2.24, 2.45) is 10.1 Å². The first kappa shape index (κ1) is 21.1. The second-order valence-electron chi connectivity index (χ2n) is 7.11. The van der Waals surface area contributed by atoms with Gasteiger partial charge in [-0.05, 0) is 61.9 Å². The summed E-state index contributed by atoms with van der Waals surface area (Å²) in [5.74, 6) is 2.47. The summed E-state index contributed by atoms with van der Waals surface area (Å²) in [6.45, 7) is 4.55. The number of amidine groups is 1. The van der Waals surface area contributed by atoms with Crippen LogP contribution in [0.4, 0.5) is 5.69 Å². The zero-order valence-electron chi connectivity index (χ0n) is 18.3. The van der Waals surface area contributed by atoms with Crippen LogP contribution in [0.1, 0.15) is 23.9 Å². The van der Waals surface area contributed by atoms with Crippen molar-refractivity contribution in [3.05, 3.63) is 83.7 Å². The highest BCUT2D eigenvalue weighted by Gasteiger charge is 2.10. The number of methoxy groups -OCH3 is 1. The third kappa shape index (κ3) is 4.95. The summed E-state index contributed by atoms with van der Waals surface area (Å²) in [5.41, 5.74) is 7.66. The van der Waals surface area contributed by atoms with Gasteiger partial charge in [0.25, 0.3) is 0 Å². The molecule has 4 aromatic rings. The quantitative estimate of drug-likeness (QED) is 0.247. The van der Waals surface area contributed by atoms with Crippen molar-refractivity contribution in [2.45, 2.75) is 13.8 Å². The van der Waals surface area contributed by atoms with Crippen LogP contribution in [0.5, 0.6) is 11.5 Å². The first-order valence-corrected chi connectivity index (χ1v) is 10.4. The molecule has 7 nitrogen and oxygen atoms in total. The number of aryl methyl sites for hydroxylation is 1. The van der Waals surface area contributed by atoms with Crippen molar-refractivity contribution >= 4 is 28.8 Å². The van der Waals surface area contributed by atoms with E-state index in [-0.39, 0.29) is 0 Å². The third-order valence-corrected chi connectivity index (χ3v) is 4.76. The van der Waals surface area contributed by atoms with E-state index in [9.17, 15) is 0 Å². The van der Waals surface area contributed by atoms with Gasteiger partial charge in [0.05, 0.1) is 36.7 Å². The van der Waals surface area contributed by atoms with Gasteiger partial charge in [-0.1, -0.05) is 29.8 Å². The van der Waals surface area contributed by atoms with Crippen LogP contribution in [0, 0.1) is 6.92 Å². The number of hydrogen-bond donors (Lipinski definition) is 2. The Morgan fingerprint density at radius 2 is 1.88 bits per heavy atom. The van der Waals surface area contributed by atoms with Gasteiger partial charge in [0.15, 0.2) is 23.2 Å². The number of aromatic amines is 1. The highest BCUT2D eigenvalue weighted by molar-refractivity contribution is 6.00. The predicted octanol–water partition coefficient (Wildman–Crippen LogP) is 4.98. The third-order valence-electron chi connectivity index (χ3n) is 4.76. The Labute approximate surface area is 186 Å². The molecule has 0 atom stereocenters. The highest BCUT2D eigenvalue weighted by atomic mass is 16.5. The van der Waals surface area contributed by atoms with E-state index in [0.717, 1.165) is 22.3 Å². The molecule has 32 heavy (non-hydrogen) atoms. The largest absolute Gasteiger partial charge is 0.493 e. The van der Waals surface area contributed by atoms with Crippen molar-refractivity contribution in [3.8, 4) is 11.5 Å². The first-order chi connectivity index (χ1) is 15.7. The SMILES string of the molecule is CCOc1ccc(/C=N/NC(=Nc2ccc(C)cc2)c2nc3ccccc3[nH]2)cc1OC. The van der Waals surface area contributed by atoms with Gasteiger partial charge in [0.1, 0.15) is 0 Å². The topological polar surface area (TPSA) is 83.9 Å². The van der Waals surface area contributed by atoms with Crippen molar-refractivity contribution < 1.29 is 9.47 Å². The highest BCUT2D eigenvalue weighted by Crippen LogP contribution is 2.27. The molecule has 0 saturated heterocycles. The van der Waals surface area contributed by atoms with Crippen molar-refractivity contribution in [1.82, 2.24) is 15.4 Å². The molecule has 0 amide bonds. The fraction of sp³-hybridized carbons (Fsp3) is 0.160. The molecule has 0 aliphatic heterocycles. The number of fused-ring (bicyclic) bond motifs is 1. The summed E-state index contributed by atoms with van der Waals surface area (Å²) in [7, 11) is 1.62. The van der Waals surface area contributed by atoms with Crippen LogP contribution in [-0.4, -0.2) is 35.7 Å². The number of benzene rings is 3. The lowest BCUT2D eigenvalue weighted by atomic mass is 10.2. The lowest BCUT2D eigenvalue weighted by molar-refractivity contribution is 0.311. The van der Waals surface area contributed by atoms with Gasteiger partial charge in [0.2, 0.25) is 0 Å². The minimum atomic E-state index is 0.513. The van der Waals surface area contributed by atoms with E-state index in [4.69, 9.17) is 14.5 Å². The summed E-state index contributed by atoms with van der Waals surface area (Å²) in [4.78, 5) is 12.7. The fourth-order valence-corrected chi connectivity index (χ4v) is 3.15. The minimum Gasteiger partial charge on any atom is -0.493 e. The smallest absolute Gasteiger partial charge is 0.190 e. The number of aliphatic imine (C=N–C) groups is 1. The fourth-order valence-electron chi connectivity index (χ4n) is 3.15. The summed E-state index contributed by atoms with van der Waals surface area (Å²) in [6.07, 6.45) is 1.70. The van der Waals surface area contributed by atoms with Crippen LogP contribution in [0.3, 0.4) is 0 Å². The Bertz CT molecular complexity index is 1230. The predicted molar refractivity (Wildman–Crippen MR) is 128 cm³/mol. The molecular formula is C25H25N5O2. The Kier molecular flexibility index (Phi) is 6.46. The van der Waals surface area contributed by atoms with Crippen molar-refractivity contribution in [1.29, 1.82) is 0 Å². The standard InChI is InChI=1S/C25H25N5O2/c1-4-32-22-14-11-18(15-23(22)31-3)16-26-30-25(27-19-12-9-17(2)10-13-19)24-28-20-7-5-6-8-21(20)29-24/h5-16H,4H2,1-3H3,(H,27,30)(H,28,29)/b26-16+. The molecule has 0 unspecified atom stereocenters. The summed E-state index contributed by atoms with van der Waals surface area (Å²) in [5, 5.41) is 4.39. The van der Waals surface area contributed by atoms with Gasteiger partial charge < -0.3 is 14.5 Å². The number of para-hydroxylation sites is 2. The van der Waals surface area contributed by atoms with Crippen LogP contribution < -0.4 is 14.9 Å². The number of hydrogen-bond acceptors (Lipinski definition) is 5. The molecule has 2 N–H and O–H groups in total. The summed E-state index contributed by atoms with van der Waals surface area (Å²) in [6, 6.07) is 21.4. The van der Waals surface area contributed by atoms with Gasteiger partial charge in [-0.3, -0.25) is 5.43 Å². The van der Waals surface area contributed by atoms with Crippen LogP contribution in [0.15, 0.2) is 76.8 Å². The molecule has 0 aliphatic rings. The Morgan fingerprint density at radius 3 is 2.62 bits per heavy atom. The molecule has 0 aliphatic carbocycles. The van der Waals surface area contributed by atoms with E-state index in [2.05, 4.69) is 20.5 Å². The lowest BCUT2D eigenvalue weighted by Gasteiger charge is -2.09. The Balaban J connectivity index is 1.62. The summed E-state index contributed by atoms with van der Waals surface area (Å²) >= 11 is 0. The zero-order chi connectivity index (χ0) is 22.3. The average Bonchev–Trinajstić information content (AvgIpc) is 3.25. The van der Waals surface area contributed by atoms with Crippen molar-refractivity contribution in [2.75, 3.05) is 13.7 Å². The van der Waals surface area contributed by atoms with Gasteiger partial charge in [-0.25, -0.2) is 9.98 Å². The van der Waals surface area contributed by atoms with E-state index in [1.54, 1.807) is 13.3 Å². The molecule has 0 radical (unpaired) electrons. The monoisotopic (exact) mass is 427 g/mol. The molecule has 162 valence electrons. The molecule has 0 fully saturated rings. The maximum atomic E-state index is 5.57. The number of H-pyrrole nitrogens is 1. The molecule has 0 saturated carbocycles. The molecule has 3 aromatic carbocycles. The molecule has 4 rings (SSSR count). The minimum absolute atomic E-state index is 0.513. The molecular weight excluding hydrogens is 402 g/mol. The second-order valence-corrected chi connectivity index (χ2v) is 7.11. The second kappa shape index (κ2) is 9.78. The van der Waals surface area contributed by atoms with Crippen LogP contribution in [0.25, 0.3) is 11.0 Å². The number of nitrogens with zero attached hydrogens (tertiary/aromatic N) is 3. The lowest BCUT2D eigenvalue weighted by Crippen LogP contribution is -2.20. The number of nitrogens with one attached hydrogen (secondary N) is 2. The van der Waals surface area contributed by atoms with Gasteiger partial charge >= 0.3 is 0 Å². The van der Waals surface area contributed by atoms with Gasteiger partial charge in [-0.2, -0.15) is 5.10 Å². The van der Waals surface area contributed by atoms with E-state index in [0.29, 0.717) is 29.8 Å². The Hall–Kier alpha value is -4.13. The maximum absolute atomic E-state index is 5.57. The molecule has 0 spiro atoms. The van der Waals surface area contributed by atoms with Crippen LogP contribution >= 0.6 is 0 Å². The first-order valence-electron chi connectivity index (χ1n) is 10.4. The van der Waals surface area contributed by atoms with E-state index in [1.807, 2.05) is 80.6 Å². The molecule has 0 bridgehead atoms. The maximum Gasteiger partial charge on any atom is 0.190 e. The molecule has 1 heterocycles. The van der Waals surface area contributed by atoms with E-state index < -0.39 is 0 Å². The normalized spacial score (nSPS) is 11.8. The number of imidazole rings is 1. The zero-order valence-corrected chi connectivity index (χ0v) is 18.3. The molecule has 1 aromatic heterocycles. The average molecular weight is 428 g/mol. The number of ether oxygens (including phenoxy) is 2. The Morgan fingerprint density at radius 1 is 1.06 bits per heavy atom. The van der Waals surface area contributed by atoms with E-state index >= 15 is 0 Å². The number of rotatable bonds is 7. The molecule has 7 heteroatoms.